The maximum Gasteiger partial charge on any atom is 0.255 e. The Morgan fingerprint density at radius 1 is 1.09 bits per heavy atom. The molecule has 0 saturated heterocycles. The lowest BCUT2D eigenvalue weighted by atomic mass is 10.1. The van der Waals surface area contributed by atoms with Crippen LogP contribution in [0.4, 0.5) is 0 Å². The Morgan fingerprint density at radius 3 is 2.50 bits per heavy atom. The molecule has 5 nitrogen and oxygen atoms in total. The third-order valence-corrected chi connectivity index (χ3v) is 3.30. The van der Waals surface area contributed by atoms with Crippen LogP contribution in [0.5, 0.6) is 17.2 Å². The lowest BCUT2D eigenvalue weighted by molar-refractivity contribution is 0.0951. The lowest BCUT2D eigenvalue weighted by Crippen LogP contribution is -2.25. The number of para-hydroxylation sites is 1. The SMILES string of the molecule is COc1ccc(CCNC(=O)c2ccccc2O)cc1OC. The molecule has 0 unspecified atom stereocenters. The van der Waals surface area contributed by atoms with Gasteiger partial charge in [0.05, 0.1) is 19.8 Å². The summed E-state index contributed by atoms with van der Waals surface area (Å²) in [7, 11) is 3.17. The van der Waals surface area contributed by atoms with Gasteiger partial charge in [-0.15, -0.1) is 0 Å². The van der Waals surface area contributed by atoms with Gasteiger partial charge in [-0.1, -0.05) is 18.2 Å². The number of carbonyl (C=O) groups excluding carboxylic acids is 1. The number of nitrogens with one attached hydrogen (secondary N) is 1. The molecule has 0 aromatic heterocycles. The van der Waals surface area contributed by atoms with E-state index in [1.807, 2.05) is 18.2 Å². The van der Waals surface area contributed by atoms with Crippen molar-refractivity contribution in [2.45, 2.75) is 6.42 Å². The molecule has 5 heteroatoms. The minimum atomic E-state index is -0.293. The maximum absolute atomic E-state index is 12.0. The van der Waals surface area contributed by atoms with Gasteiger partial charge in [-0.25, -0.2) is 0 Å². The van der Waals surface area contributed by atoms with Gasteiger partial charge in [-0.2, -0.15) is 0 Å². The molecule has 2 aromatic carbocycles. The first-order valence-corrected chi connectivity index (χ1v) is 6.92. The van der Waals surface area contributed by atoms with Gasteiger partial charge in [0.15, 0.2) is 11.5 Å². The average molecular weight is 301 g/mol. The van der Waals surface area contributed by atoms with E-state index in [9.17, 15) is 9.90 Å². The van der Waals surface area contributed by atoms with Crippen molar-refractivity contribution >= 4 is 5.91 Å². The zero-order chi connectivity index (χ0) is 15.9. The van der Waals surface area contributed by atoms with E-state index in [1.54, 1.807) is 32.4 Å². The minimum Gasteiger partial charge on any atom is -0.507 e. The van der Waals surface area contributed by atoms with Gasteiger partial charge in [-0.05, 0) is 36.2 Å². The summed E-state index contributed by atoms with van der Waals surface area (Å²) < 4.78 is 10.4. The predicted molar refractivity (Wildman–Crippen MR) is 83.7 cm³/mol. The normalized spacial score (nSPS) is 10.1. The Kier molecular flexibility index (Phi) is 5.25. The van der Waals surface area contributed by atoms with Crippen molar-refractivity contribution in [1.82, 2.24) is 5.32 Å². The van der Waals surface area contributed by atoms with Crippen LogP contribution in [0.15, 0.2) is 42.5 Å². The highest BCUT2D eigenvalue weighted by molar-refractivity contribution is 5.96. The highest BCUT2D eigenvalue weighted by Crippen LogP contribution is 2.27. The van der Waals surface area contributed by atoms with Crippen LogP contribution in [0.25, 0.3) is 0 Å². The van der Waals surface area contributed by atoms with Gasteiger partial charge < -0.3 is 19.9 Å². The Hall–Kier alpha value is -2.69. The molecule has 0 bridgehead atoms. The number of amides is 1. The molecule has 0 heterocycles. The number of phenols is 1. The van der Waals surface area contributed by atoms with Gasteiger partial charge in [0.25, 0.3) is 5.91 Å². The van der Waals surface area contributed by atoms with E-state index in [4.69, 9.17) is 9.47 Å². The van der Waals surface area contributed by atoms with Gasteiger partial charge in [0.1, 0.15) is 5.75 Å². The van der Waals surface area contributed by atoms with Crippen LogP contribution in [-0.4, -0.2) is 31.8 Å². The number of rotatable bonds is 6. The van der Waals surface area contributed by atoms with Gasteiger partial charge in [0, 0.05) is 6.54 Å². The van der Waals surface area contributed by atoms with Crippen molar-refractivity contribution in [2.24, 2.45) is 0 Å². The molecule has 0 fully saturated rings. The third-order valence-electron chi connectivity index (χ3n) is 3.30. The highest BCUT2D eigenvalue weighted by atomic mass is 16.5. The molecular weight excluding hydrogens is 282 g/mol. The van der Waals surface area contributed by atoms with Crippen molar-refractivity contribution in [3.05, 3.63) is 53.6 Å². The summed E-state index contributed by atoms with van der Waals surface area (Å²) in [6, 6.07) is 12.1. The molecule has 2 aromatic rings. The number of hydrogen-bond donors (Lipinski definition) is 2. The number of carbonyl (C=O) groups is 1. The summed E-state index contributed by atoms with van der Waals surface area (Å²) >= 11 is 0. The Balaban J connectivity index is 1.94. The molecular formula is C17H19NO4. The summed E-state index contributed by atoms with van der Waals surface area (Å²) in [5.74, 6) is 1.02. The second-order valence-corrected chi connectivity index (χ2v) is 4.71. The monoisotopic (exact) mass is 301 g/mol. The average Bonchev–Trinajstić information content (AvgIpc) is 2.55. The van der Waals surface area contributed by atoms with Crippen LogP contribution < -0.4 is 14.8 Å². The first-order valence-electron chi connectivity index (χ1n) is 6.92. The van der Waals surface area contributed by atoms with E-state index in [2.05, 4.69) is 5.32 Å². The molecule has 0 saturated carbocycles. The molecule has 0 aliphatic carbocycles. The van der Waals surface area contributed by atoms with Crippen LogP contribution in [0.1, 0.15) is 15.9 Å². The standard InChI is InChI=1S/C17H19NO4/c1-21-15-8-7-12(11-16(15)22-2)9-10-18-17(20)13-5-3-4-6-14(13)19/h3-8,11,19H,9-10H2,1-2H3,(H,18,20). The molecule has 116 valence electrons. The molecule has 0 radical (unpaired) electrons. The Labute approximate surface area is 129 Å². The topological polar surface area (TPSA) is 67.8 Å². The number of benzene rings is 2. The van der Waals surface area contributed by atoms with Crippen molar-refractivity contribution in [3.8, 4) is 17.2 Å². The zero-order valence-corrected chi connectivity index (χ0v) is 12.6. The van der Waals surface area contributed by atoms with E-state index >= 15 is 0 Å². The van der Waals surface area contributed by atoms with Crippen LogP contribution in [0.3, 0.4) is 0 Å². The summed E-state index contributed by atoms with van der Waals surface area (Å²) in [6.45, 7) is 0.461. The summed E-state index contributed by atoms with van der Waals surface area (Å²) in [4.78, 5) is 12.0. The van der Waals surface area contributed by atoms with Crippen LogP contribution in [-0.2, 0) is 6.42 Å². The van der Waals surface area contributed by atoms with Crippen molar-refractivity contribution in [3.63, 3.8) is 0 Å². The first-order chi connectivity index (χ1) is 10.7. The van der Waals surface area contributed by atoms with Gasteiger partial charge in [0.2, 0.25) is 0 Å². The number of phenolic OH excluding ortho intramolecular Hbond substituents is 1. The van der Waals surface area contributed by atoms with E-state index in [1.165, 1.54) is 6.07 Å². The molecule has 22 heavy (non-hydrogen) atoms. The fourth-order valence-corrected chi connectivity index (χ4v) is 2.12. The number of hydrogen-bond acceptors (Lipinski definition) is 4. The van der Waals surface area contributed by atoms with Crippen molar-refractivity contribution in [1.29, 1.82) is 0 Å². The fourth-order valence-electron chi connectivity index (χ4n) is 2.12. The van der Waals surface area contributed by atoms with E-state index < -0.39 is 0 Å². The maximum atomic E-state index is 12.0. The second-order valence-electron chi connectivity index (χ2n) is 4.71. The summed E-state index contributed by atoms with van der Waals surface area (Å²) in [5, 5.41) is 12.4. The molecule has 0 aliphatic rings. The molecule has 0 spiro atoms. The molecule has 0 atom stereocenters. The van der Waals surface area contributed by atoms with Crippen LogP contribution in [0, 0.1) is 0 Å². The number of methoxy groups -OCH3 is 2. The van der Waals surface area contributed by atoms with E-state index in [-0.39, 0.29) is 17.2 Å². The predicted octanol–water partition coefficient (Wildman–Crippen LogP) is 2.38. The smallest absolute Gasteiger partial charge is 0.255 e. The second kappa shape index (κ2) is 7.36. The van der Waals surface area contributed by atoms with Gasteiger partial charge >= 0.3 is 0 Å². The highest BCUT2D eigenvalue weighted by Gasteiger charge is 2.10. The van der Waals surface area contributed by atoms with E-state index in [0.29, 0.717) is 24.5 Å². The van der Waals surface area contributed by atoms with E-state index in [0.717, 1.165) is 5.56 Å². The number of ether oxygens (including phenoxy) is 2. The third kappa shape index (κ3) is 3.69. The minimum absolute atomic E-state index is 0.0221. The fraction of sp³-hybridized carbons (Fsp3) is 0.235. The van der Waals surface area contributed by atoms with Crippen LogP contribution >= 0.6 is 0 Å². The molecule has 2 rings (SSSR count). The first kappa shape index (κ1) is 15.7. The molecule has 2 N–H and O–H groups in total. The largest absolute Gasteiger partial charge is 0.507 e. The van der Waals surface area contributed by atoms with Crippen molar-refractivity contribution in [2.75, 3.05) is 20.8 Å². The summed E-state index contributed by atoms with van der Waals surface area (Å²) in [5.41, 5.74) is 1.30. The van der Waals surface area contributed by atoms with Gasteiger partial charge in [-0.3, -0.25) is 4.79 Å². The molecule has 0 aliphatic heterocycles. The van der Waals surface area contributed by atoms with Crippen molar-refractivity contribution < 1.29 is 19.4 Å². The summed E-state index contributed by atoms with van der Waals surface area (Å²) in [6.07, 6.45) is 0.652. The zero-order valence-electron chi connectivity index (χ0n) is 12.6. The number of aromatic hydroxyl groups is 1. The van der Waals surface area contributed by atoms with Crippen LogP contribution in [0.2, 0.25) is 0 Å². The Bertz CT molecular complexity index is 655. The molecule has 1 amide bonds. The lowest BCUT2D eigenvalue weighted by Gasteiger charge is -2.10. The Morgan fingerprint density at radius 2 is 1.82 bits per heavy atom. The quantitative estimate of drug-likeness (QED) is 0.859.